The van der Waals surface area contributed by atoms with Gasteiger partial charge in [0.1, 0.15) is 5.82 Å². The van der Waals surface area contributed by atoms with Gasteiger partial charge in [0.25, 0.3) is 0 Å². The van der Waals surface area contributed by atoms with E-state index in [0.29, 0.717) is 11.3 Å². The van der Waals surface area contributed by atoms with Crippen LogP contribution < -0.4 is 4.90 Å². The van der Waals surface area contributed by atoms with Crippen LogP contribution in [0.25, 0.3) is 0 Å². The molecule has 4 heteroatoms. The Kier molecular flexibility index (Phi) is 3.80. The molecule has 0 amide bonds. The Balaban J connectivity index is 2.25. The highest BCUT2D eigenvalue weighted by molar-refractivity contribution is 9.10. The summed E-state index contributed by atoms with van der Waals surface area (Å²) in [5.74, 6) is 2.31. The Morgan fingerprint density at radius 3 is 2.88 bits per heavy atom. The average Bonchev–Trinajstić information content (AvgIpc) is 2.26. The van der Waals surface area contributed by atoms with E-state index in [1.165, 1.54) is 5.75 Å². The van der Waals surface area contributed by atoms with Crippen LogP contribution in [0, 0.1) is 6.92 Å². The van der Waals surface area contributed by atoms with Gasteiger partial charge in [0.05, 0.1) is 5.69 Å². The number of anilines is 1. The van der Waals surface area contributed by atoms with Gasteiger partial charge in [-0.15, -0.1) is 0 Å². The molecular weight excluding hydrogens is 284 g/mol. The summed E-state index contributed by atoms with van der Waals surface area (Å²) < 4.78 is 1.09. The maximum atomic E-state index is 4.65. The van der Waals surface area contributed by atoms with Crippen molar-refractivity contribution in [1.82, 2.24) is 4.98 Å². The van der Waals surface area contributed by atoms with Crippen molar-refractivity contribution in [2.24, 2.45) is 0 Å². The average molecular weight is 301 g/mol. The summed E-state index contributed by atoms with van der Waals surface area (Å²) >= 11 is 5.55. The van der Waals surface area contributed by atoms with Crippen molar-refractivity contribution in [2.45, 2.75) is 32.1 Å². The zero-order valence-corrected chi connectivity index (χ0v) is 12.3. The van der Waals surface area contributed by atoms with E-state index in [1.807, 2.05) is 6.92 Å². The molecule has 0 aliphatic carbocycles. The molecule has 0 spiro atoms. The fourth-order valence-corrected chi connectivity index (χ4v) is 3.27. The second-order valence-corrected chi connectivity index (χ2v) is 6.59. The van der Waals surface area contributed by atoms with Gasteiger partial charge < -0.3 is 4.90 Å². The first-order valence-electron chi connectivity index (χ1n) is 5.61. The van der Waals surface area contributed by atoms with Crippen molar-refractivity contribution in [3.63, 3.8) is 0 Å². The minimum Gasteiger partial charge on any atom is -0.352 e. The fraction of sp³-hybridized carbons (Fsp3) is 0.583. The first-order chi connectivity index (χ1) is 7.59. The second kappa shape index (κ2) is 4.96. The molecule has 0 saturated carbocycles. The molecule has 1 aliphatic rings. The first-order valence-corrected chi connectivity index (χ1v) is 7.45. The molecule has 0 radical (unpaired) electrons. The quantitative estimate of drug-likeness (QED) is 0.790. The molecule has 2 rings (SSSR count). The standard InChI is InChI=1S/C12H17BrN2S/c1-8-11(13)4-5-12(14-8)15-6-7-16-10(3)9(15)2/h4-5,9-10H,6-7H2,1-3H3. The van der Waals surface area contributed by atoms with Crippen LogP contribution in [0.1, 0.15) is 19.5 Å². The van der Waals surface area contributed by atoms with Gasteiger partial charge in [-0.1, -0.05) is 6.92 Å². The number of halogens is 1. The van der Waals surface area contributed by atoms with Gasteiger partial charge in [-0.25, -0.2) is 4.98 Å². The molecule has 16 heavy (non-hydrogen) atoms. The van der Waals surface area contributed by atoms with Gasteiger partial charge in [0.15, 0.2) is 0 Å². The van der Waals surface area contributed by atoms with E-state index in [2.05, 4.69) is 63.6 Å². The first kappa shape index (κ1) is 12.2. The number of pyridine rings is 1. The van der Waals surface area contributed by atoms with Crippen LogP contribution in [-0.4, -0.2) is 28.6 Å². The Morgan fingerprint density at radius 2 is 2.19 bits per heavy atom. The third-order valence-corrected chi connectivity index (χ3v) is 5.36. The van der Waals surface area contributed by atoms with Crippen molar-refractivity contribution < 1.29 is 0 Å². The van der Waals surface area contributed by atoms with E-state index in [9.17, 15) is 0 Å². The predicted molar refractivity (Wildman–Crippen MR) is 75.4 cm³/mol. The van der Waals surface area contributed by atoms with Crippen LogP contribution in [0.4, 0.5) is 5.82 Å². The third-order valence-electron chi connectivity index (χ3n) is 3.18. The van der Waals surface area contributed by atoms with Crippen LogP contribution in [0.2, 0.25) is 0 Å². The molecule has 2 atom stereocenters. The minimum atomic E-state index is 0.562. The lowest BCUT2D eigenvalue weighted by atomic mass is 10.2. The summed E-state index contributed by atoms with van der Waals surface area (Å²) in [6, 6.07) is 4.76. The maximum absolute atomic E-state index is 4.65. The number of thioether (sulfide) groups is 1. The number of rotatable bonds is 1. The number of aromatic nitrogens is 1. The SMILES string of the molecule is Cc1nc(N2CCSC(C)C2C)ccc1Br. The normalized spacial score (nSPS) is 25.9. The molecule has 0 aromatic carbocycles. The van der Waals surface area contributed by atoms with E-state index in [0.717, 1.165) is 22.5 Å². The largest absolute Gasteiger partial charge is 0.352 e. The van der Waals surface area contributed by atoms with Gasteiger partial charge in [0, 0.05) is 28.1 Å². The van der Waals surface area contributed by atoms with E-state index >= 15 is 0 Å². The summed E-state index contributed by atoms with van der Waals surface area (Å²) in [6.07, 6.45) is 0. The van der Waals surface area contributed by atoms with Crippen LogP contribution in [0.5, 0.6) is 0 Å². The molecule has 88 valence electrons. The van der Waals surface area contributed by atoms with Crippen molar-refractivity contribution in [3.05, 3.63) is 22.3 Å². The molecule has 1 fully saturated rings. The summed E-state index contributed by atoms with van der Waals surface area (Å²) in [6.45, 7) is 7.73. The molecule has 2 heterocycles. The third kappa shape index (κ3) is 2.38. The second-order valence-electron chi connectivity index (χ2n) is 4.25. The van der Waals surface area contributed by atoms with E-state index in [1.54, 1.807) is 0 Å². The zero-order chi connectivity index (χ0) is 11.7. The summed E-state index contributed by atoms with van der Waals surface area (Å²) in [4.78, 5) is 7.07. The number of hydrogen-bond acceptors (Lipinski definition) is 3. The highest BCUT2D eigenvalue weighted by Gasteiger charge is 2.26. The van der Waals surface area contributed by atoms with Crippen molar-refractivity contribution in [1.29, 1.82) is 0 Å². The Hall–Kier alpha value is -0.220. The summed E-state index contributed by atoms with van der Waals surface area (Å²) in [5.41, 5.74) is 1.07. The number of aryl methyl sites for hydroxylation is 1. The molecule has 2 unspecified atom stereocenters. The molecular formula is C12H17BrN2S. The topological polar surface area (TPSA) is 16.1 Å². The number of hydrogen-bond donors (Lipinski definition) is 0. The van der Waals surface area contributed by atoms with E-state index < -0.39 is 0 Å². The van der Waals surface area contributed by atoms with Gasteiger partial charge in [-0.2, -0.15) is 11.8 Å². The van der Waals surface area contributed by atoms with Crippen molar-refractivity contribution in [3.8, 4) is 0 Å². The zero-order valence-electron chi connectivity index (χ0n) is 9.90. The van der Waals surface area contributed by atoms with Gasteiger partial charge in [-0.3, -0.25) is 0 Å². The lowest BCUT2D eigenvalue weighted by Crippen LogP contribution is -2.45. The predicted octanol–water partition coefficient (Wildman–Crippen LogP) is 3.48. The minimum absolute atomic E-state index is 0.562. The molecule has 1 saturated heterocycles. The fourth-order valence-electron chi connectivity index (χ4n) is 1.95. The molecule has 0 bridgehead atoms. The van der Waals surface area contributed by atoms with Gasteiger partial charge in [0.2, 0.25) is 0 Å². The maximum Gasteiger partial charge on any atom is 0.129 e. The Morgan fingerprint density at radius 1 is 1.44 bits per heavy atom. The smallest absolute Gasteiger partial charge is 0.129 e. The van der Waals surface area contributed by atoms with Gasteiger partial charge in [-0.05, 0) is 41.9 Å². The van der Waals surface area contributed by atoms with E-state index in [-0.39, 0.29) is 0 Å². The highest BCUT2D eigenvalue weighted by Crippen LogP contribution is 2.29. The lowest BCUT2D eigenvalue weighted by Gasteiger charge is -2.38. The Bertz CT molecular complexity index is 383. The Labute approximate surface area is 110 Å². The number of nitrogens with zero attached hydrogens (tertiary/aromatic N) is 2. The molecule has 0 N–H and O–H groups in total. The molecule has 2 nitrogen and oxygen atoms in total. The molecule has 1 aromatic heterocycles. The summed E-state index contributed by atoms with van der Waals surface area (Å²) in [5, 5.41) is 0.680. The monoisotopic (exact) mass is 300 g/mol. The van der Waals surface area contributed by atoms with Crippen LogP contribution in [0.3, 0.4) is 0 Å². The van der Waals surface area contributed by atoms with Crippen LogP contribution in [0.15, 0.2) is 16.6 Å². The molecule has 1 aromatic rings. The lowest BCUT2D eigenvalue weighted by molar-refractivity contribution is 0.619. The summed E-state index contributed by atoms with van der Waals surface area (Å²) in [7, 11) is 0. The van der Waals surface area contributed by atoms with Gasteiger partial charge >= 0.3 is 0 Å². The molecule has 1 aliphatic heterocycles. The van der Waals surface area contributed by atoms with Crippen LogP contribution >= 0.6 is 27.7 Å². The van der Waals surface area contributed by atoms with Crippen molar-refractivity contribution in [2.75, 3.05) is 17.2 Å². The van der Waals surface area contributed by atoms with Crippen LogP contribution in [-0.2, 0) is 0 Å². The highest BCUT2D eigenvalue weighted by atomic mass is 79.9. The van der Waals surface area contributed by atoms with Crippen molar-refractivity contribution >= 4 is 33.5 Å². The van der Waals surface area contributed by atoms with E-state index in [4.69, 9.17) is 0 Å².